The maximum Gasteiger partial charge on any atom is 0.225 e. The molecule has 0 bridgehead atoms. The number of amides is 1. The summed E-state index contributed by atoms with van der Waals surface area (Å²) in [5.74, 6) is 0.459. The van der Waals surface area contributed by atoms with Crippen molar-refractivity contribution in [1.82, 2.24) is 9.88 Å². The second kappa shape index (κ2) is 7.25. The first-order chi connectivity index (χ1) is 14.1. The zero-order valence-corrected chi connectivity index (χ0v) is 16.5. The van der Waals surface area contributed by atoms with Crippen LogP contribution in [0.2, 0.25) is 0 Å². The van der Waals surface area contributed by atoms with Gasteiger partial charge in [0.1, 0.15) is 5.67 Å². The van der Waals surface area contributed by atoms with Crippen LogP contribution in [-0.4, -0.2) is 34.5 Å². The first-order valence-electron chi connectivity index (χ1n) is 10.5. The third-order valence-corrected chi connectivity index (χ3v) is 6.31. The highest BCUT2D eigenvalue weighted by atomic mass is 19.1. The summed E-state index contributed by atoms with van der Waals surface area (Å²) in [5, 5.41) is 1.12. The van der Waals surface area contributed by atoms with E-state index in [0.29, 0.717) is 32.4 Å². The zero-order valence-electron chi connectivity index (χ0n) is 16.5. The van der Waals surface area contributed by atoms with Gasteiger partial charge in [-0.15, -0.1) is 0 Å². The van der Waals surface area contributed by atoms with Crippen LogP contribution in [-0.2, 0) is 11.2 Å². The molecule has 1 amide bonds. The lowest BCUT2D eigenvalue weighted by molar-refractivity contribution is -0.135. The number of pyridine rings is 1. The SMILES string of the molecule is O=C(C1CC1)N1CCC(F)(Cc2ccc(-c3ccc4cccnc4c3)cc2)CC1. The quantitative estimate of drug-likeness (QED) is 0.617. The number of aromatic nitrogens is 1. The molecule has 0 radical (unpaired) electrons. The number of benzene rings is 2. The standard InChI is InChI=1S/C25H25FN2O/c26-25(11-14-28(15-12-25)24(29)21-8-9-21)17-18-3-5-19(6-4-18)22-10-7-20-2-1-13-27-23(20)16-22/h1-7,10,13,16,21H,8-9,11-12,14-15,17H2. The largest absolute Gasteiger partial charge is 0.342 e. The fraction of sp³-hybridized carbons (Fsp3) is 0.360. The Labute approximate surface area is 170 Å². The van der Waals surface area contributed by atoms with E-state index in [4.69, 9.17) is 0 Å². The molecule has 5 rings (SSSR count). The van der Waals surface area contributed by atoms with E-state index in [-0.39, 0.29) is 11.8 Å². The minimum atomic E-state index is -1.21. The predicted molar refractivity (Wildman–Crippen MR) is 113 cm³/mol. The Morgan fingerprint density at radius 1 is 1.03 bits per heavy atom. The highest BCUT2D eigenvalue weighted by molar-refractivity contribution is 5.84. The van der Waals surface area contributed by atoms with Crippen LogP contribution in [0.25, 0.3) is 22.0 Å². The van der Waals surface area contributed by atoms with Gasteiger partial charge in [-0.1, -0.05) is 42.5 Å². The fourth-order valence-electron chi connectivity index (χ4n) is 4.32. The molecule has 0 spiro atoms. The van der Waals surface area contributed by atoms with E-state index in [1.165, 1.54) is 0 Å². The maximum absolute atomic E-state index is 15.4. The van der Waals surface area contributed by atoms with Gasteiger partial charge >= 0.3 is 0 Å². The topological polar surface area (TPSA) is 33.2 Å². The van der Waals surface area contributed by atoms with E-state index in [1.54, 1.807) is 6.20 Å². The minimum Gasteiger partial charge on any atom is -0.342 e. The highest BCUT2D eigenvalue weighted by Crippen LogP contribution is 2.35. The van der Waals surface area contributed by atoms with E-state index in [1.807, 2.05) is 23.1 Å². The Morgan fingerprint density at radius 2 is 1.76 bits per heavy atom. The summed E-state index contributed by atoms with van der Waals surface area (Å²) in [7, 11) is 0. The molecule has 1 saturated heterocycles. The molecular weight excluding hydrogens is 363 g/mol. The molecule has 1 saturated carbocycles. The van der Waals surface area contributed by atoms with E-state index >= 15 is 4.39 Å². The van der Waals surface area contributed by atoms with Crippen molar-refractivity contribution in [2.24, 2.45) is 5.92 Å². The molecule has 1 aromatic heterocycles. The highest BCUT2D eigenvalue weighted by Gasteiger charge is 2.39. The molecule has 0 atom stereocenters. The molecule has 0 N–H and O–H groups in total. The molecule has 148 valence electrons. The number of rotatable bonds is 4. The number of halogens is 1. The lowest BCUT2D eigenvalue weighted by atomic mass is 9.86. The first kappa shape index (κ1) is 18.3. The summed E-state index contributed by atoms with van der Waals surface area (Å²) in [6.45, 7) is 1.10. The van der Waals surface area contributed by atoms with Crippen LogP contribution >= 0.6 is 0 Å². The van der Waals surface area contributed by atoms with Crippen LogP contribution in [0.5, 0.6) is 0 Å². The van der Waals surface area contributed by atoms with Gasteiger partial charge in [-0.3, -0.25) is 9.78 Å². The van der Waals surface area contributed by atoms with Gasteiger partial charge in [0.05, 0.1) is 5.52 Å². The summed E-state index contributed by atoms with van der Waals surface area (Å²) < 4.78 is 15.4. The van der Waals surface area contributed by atoms with Crippen molar-refractivity contribution in [2.45, 2.75) is 37.8 Å². The molecule has 3 nitrogen and oxygen atoms in total. The van der Waals surface area contributed by atoms with Crippen molar-refractivity contribution in [3.63, 3.8) is 0 Å². The number of carbonyl (C=O) groups is 1. The van der Waals surface area contributed by atoms with Crippen LogP contribution in [0.15, 0.2) is 60.8 Å². The van der Waals surface area contributed by atoms with E-state index in [9.17, 15) is 4.79 Å². The number of nitrogens with zero attached hydrogens (tertiary/aromatic N) is 2. The van der Waals surface area contributed by atoms with Crippen molar-refractivity contribution in [2.75, 3.05) is 13.1 Å². The Bertz CT molecular complexity index is 1030. The van der Waals surface area contributed by atoms with Crippen molar-refractivity contribution in [3.8, 4) is 11.1 Å². The van der Waals surface area contributed by atoms with Gasteiger partial charge in [0.25, 0.3) is 0 Å². The molecule has 29 heavy (non-hydrogen) atoms. The molecule has 2 fully saturated rings. The predicted octanol–water partition coefficient (Wildman–Crippen LogP) is 5.19. The van der Waals surface area contributed by atoms with Gasteiger partial charge in [0.15, 0.2) is 0 Å². The Kier molecular flexibility index (Phi) is 4.57. The van der Waals surface area contributed by atoms with Crippen LogP contribution in [0, 0.1) is 5.92 Å². The number of piperidine rings is 1. The molecule has 2 heterocycles. The average molecular weight is 388 g/mol. The van der Waals surface area contributed by atoms with E-state index in [0.717, 1.165) is 40.4 Å². The number of carbonyl (C=O) groups excluding carboxylic acids is 1. The minimum absolute atomic E-state index is 0.222. The van der Waals surface area contributed by atoms with Crippen LogP contribution in [0.3, 0.4) is 0 Å². The number of likely N-dealkylation sites (tertiary alicyclic amines) is 1. The fourth-order valence-corrected chi connectivity index (χ4v) is 4.32. The molecule has 2 aromatic carbocycles. The average Bonchev–Trinajstić information content (AvgIpc) is 3.59. The summed E-state index contributed by atoms with van der Waals surface area (Å²) in [5.41, 5.74) is 3.00. The number of hydrogen-bond acceptors (Lipinski definition) is 2. The van der Waals surface area contributed by atoms with E-state index < -0.39 is 5.67 Å². The molecule has 2 aliphatic rings. The third kappa shape index (κ3) is 3.89. The van der Waals surface area contributed by atoms with Crippen LogP contribution < -0.4 is 0 Å². The van der Waals surface area contributed by atoms with Gasteiger partial charge in [0.2, 0.25) is 5.91 Å². The zero-order chi connectivity index (χ0) is 19.8. The molecular formula is C25H25FN2O. The third-order valence-electron chi connectivity index (χ3n) is 6.31. The molecule has 4 heteroatoms. The monoisotopic (exact) mass is 388 g/mol. The number of fused-ring (bicyclic) bond motifs is 1. The van der Waals surface area contributed by atoms with Crippen LogP contribution in [0.1, 0.15) is 31.2 Å². The lowest BCUT2D eigenvalue weighted by Crippen LogP contribution is -2.46. The molecule has 3 aromatic rings. The second-order valence-electron chi connectivity index (χ2n) is 8.54. The second-order valence-corrected chi connectivity index (χ2v) is 8.54. The van der Waals surface area contributed by atoms with Gasteiger partial charge in [-0.2, -0.15) is 0 Å². The maximum atomic E-state index is 15.4. The Balaban J connectivity index is 1.26. The van der Waals surface area contributed by atoms with E-state index in [2.05, 4.69) is 41.4 Å². The van der Waals surface area contributed by atoms with Gasteiger partial charge in [-0.25, -0.2) is 4.39 Å². The van der Waals surface area contributed by atoms with Crippen LogP contribution in [0.4, 0.5) is 4.39 Å². The number of hydrogen-bond donors (Lipinski definition) is 0. The Hall–Kier alpha value is -2.75. The summed E-state index contributed by atoms with van der Waals surface area (Å²) >= 11 is 0. The molecule has 1 aliphatic carbocycles. The van der Waals surface area contributed by atoms with Gasteiger partial charge < -0.3 is 4.90 Å². The lowest BCUT2D eigenvalue weighted by Gasteiger charge is -2.36. The van der Waals surface area contributed by atoms with Crippen molar-refractivity contribution in [3.05, 3.63) is 66.4 Å². The summed E-state index contributed by atoms with van der Waals surface area (Å²) in [6, 6.07) is 18.5. The summed E-state index contributed by atoms with van der Waals surface area (Å²) in [4.78, 5) is 18.5. The molecule has 1 aliphatic heterocycles. The van der Waals surface area contributed by atoms with Crippen molar-refractivity contribution in [1.29, 1.82) is 0 Å². The molecule has 0 unspecified atom stereocenters. The smallest absolute Gasteiger partial charge is 0.225 e. The normalized spacial score (nSPS) is 18.7. The first-order valence-corrected chi connectivity index (χ1v) is 10.5. The number of alkyl halides is 1. The van der Waals surface area contributed by atoms with Crippen molar-refractivity contribution < 1.29 is 9.18 Å². The Morgan fingerprint density at radius 3 is 2.48 bits per heavy atom. The van der Waals surface area contributed by atoms with Crippen molar-refractivity contribution >= 4 is 16.8 Å². The summed E-state index contributed by atoms with van der Waals surface area (Å²) in [6.07, 6.45) is 5.11. The van der Waals surface area contributed by atoms with Gasteiger partial charge in [0, 0.05) is 37.0 Å². The van der Waals surface area contributed by atoms with Gasteiger partial charge in [-0.05, 0) is 54.5 Å².